The van der Waals surface area contributed by atoms with Crippen molar-refractivity contribution < 1.29 is 22.3 Å². The highest BCUT2D eigenvalue weighted by molar-refractivity contribution is 5.39. The van der Waals surface area contributed by atoms with Gasteiger partial charge in [0.2, 0.25) is 6.36 Å². The lowest BCUT2D eigenvalue weighted by molar-refractivity contribution is -0.137. The quantitative estimate of drug-likeness (QED) is 0.609. The Morgan fingerprint density at radius 1 is 1.27 bits per heavy atom. The predicted octanol–water partition coefficient (Wildman–Crippen LogP) is 3.33. The van der Waals surface area contributed by atoms with Gasteiger partial charge in [0.1, 0.15) is 5.75 Å². The van der Waals surface area contributed by atoms with E-state index in [1.54, 1.807) is 0 Å². The molecule has 0 saturated carbocycles. The zero-order valence-electron chi connectivity index (χ0n) is 7.64. The first-order valence-corrected chi connectivity index (χ1v) is 4.47. The summed E-state index contributed by atoms with van der Waals surface area (Å²) in [5, 5.41) is 0. The lowest BCUT2D eigenvalue weighted by atomic mass is 10.0. The fraction of sp³-hybridized carbons (Fsp3) is 0.400. The van der Waals surface area contributed by atoms with Gasteiger partial charge in [0, 0.05) is 6.42 Å². The van der Waals surface area contributed by atoms with Crippen molar-refractivity contribution >= 4 is 0 Å². The molecule has 0 bridgehead atoms. The highest BCUT2D eigenvalue weighted by atomic mass is 19.4. The van der Waals surface area contributed by atoms with Gasteiger partial charge in [-0.05, 0) is 24.1 Å². The van der Waals surface area contributed by atoms with E-state index in [1.807, 2.05) is 0 Å². The Bertz CT molecular complexity index is 372. The SMILES string of the molecule is FC1CCc2ccc(C(F)(F)F)cc2O1. The van der Waals surface area contributed by atoms with Crippen molar-refractivity contribution in [3.05, 3.63) is 29.3 Å². The fourth-order valence-corrected chi connectivity index (χ4v) is 1.51. The van der Waals surface area contributed by atoms with Crippen molar-refractivity contribution in [3.63, 3.8) is 0 Å². The molecule has 82 valence electrons. The second-order valence-electron chi connectivity index (χ2n) is 3.39. The predicted molar refractivity (Wildman–Crippen MR) is 45.3 cm³/mol. The lowest BCUT2D eigenvalue weighted by Gasteiger charge is -2.21. The van der Waals surface area contributed by atoms with E-state index >= 15 is 0 Å². The van der Waals surface area contributed by atoms with Crippen molar-refractivity contribution in [3.8, 4) is 5.75 Å². The van der Waals surface area contributed by atoms with Gasteiger partial charge in [-0.15, -0.1) is 0 Å². The number of hydrogen-bond acceptors (Lipinski definition) is 1. The topological polar surface area (TPSA) is 9.23 Å². The van der Waals surface area contributed by atoms with Crippen molar-refractivity contribution in [1.82, 2.24) is 0 Å². The molecule has 0 spiro atoms. The summed E-state index contributed by atoms with van der Waals surface area (Å²) in [5.41, 5.74) is -0.188. The molecule has 1 aromatic rings. The van der Waals surface area contributed by atoms with E-state index in [0.717, 1.165) is 12.1 Å². The maximum absolute atomic E-state index is 12.8. The van der Waals surface area contributed by atoms with Crippen LogP contribution in [0.4, 0.5) is 17.6 Å². The molecule has 0 aromatic heterocycles. The molecule has 0 fully saturated rings. The van der Waals surface area contributed by atoms with E-state index in [2.05, 4.69) is 0 Å². The van der Waals surface area contributed by atoms with Crippen LogP contribution >= 0.6 is 0 Å². The number of alkyl halides is 4. The summed E-state index contributed by atoms with van der Waals surface area (Å²) in [6, 6.07) is 3.17. The molecule has 1 unspecified atom stereocenters. The van der Waals surface area contributed by atoms with Crippen LogP contribution in [0.3, 0.4) is 0 Å². The normalized spacial score (nSPS) is 20.7. The second-order valence-corrected chi connectivity index (χ2v) is 3.39. The summed E-state index contributed by atoms with van der Waals surface area (Å²) >= 11 is 0. The average Bonchev–Trinajstić information content (AvgIpc) is 2.15. The van der Waals surface area contributed by atoms with Crippen LogP contribution in [-0.4, -0.2) is 6.36 Å². The van der Waals surface area contributed by atoms with E-state index in [0.29, 0.717) is 12.0 Å². The van der Waals surface area contributed by atoms with Crippen LogP contribution in [0.25, 0.3) is 0 Å². The van der Waals surface area contributed by atoms with Gasteiger partial charge < -0.3 is 4.74 Å². The van der Waals surface area contributed by atoms with Gasteiger partial charge in [0.25, 0.3) is 0 Å². The molecular weight excluding hydrogens is 212 g/mol. The summed E-state index contributed by atoms with van der Waals surface area (Å²) in [4.78, 5) is 0. The third-order valence-corrected chi connectivity index (χ3v) is 2.29. The number of aryl methyl sites for hydroxylation is 1. The zero-order chi connectivity index (χ0) is 11.1. The van der Waals surface area contributed by atoms with Crippen LogP contribution in [0.5, 0.6) is 5.75 Å². The van der Waals surface area contributed by atoms with Gasteiger partial charge in [0.05, 0.1) is 5.56 Å². The summed E-state index contributed by atoms with van der Waals surface area (Å²) in [6.07, 6.45) is -5.31. The minimum Gasteiger partial charge on any atom is -0.460 e. The molecule has 0 aliphatic carbocycles. The maximum Gasteiger partial charge on any atom is 0.416 e. The molecule has 1 aliphatic heterocycles. The number of hydrogen-bond donors (Lipinski definition) is 0. The van der Waals surface area contributed by atoms with Gasteiger partial charge in [-0.25, -0.2) is 4.39 Å². The van der Waals surface area contributed by atoms with Crippen molar-refractivity contribution in [2.24, 2.45) is 0 Å². The Labute approximate surface area is 83.7 Å². The summed E-state index contributed by atoms with van der Waals surface area (Å²) < 4.78 is 54.4. The molecule has 1 aliphatic rings. The van der Waals surface area contributed by atoms with Crippen molar-refractivity contribution in [2.75, 3.05) is 0 Å². The van der Waals surface area contributed by atoms with E-state index in [-0.39, 0.29) is 12.2 Å². The first-order valence-electron chi connectivity index (χ1n) is 4.47. The Hall–Kier alpha value is -1.26. The van der Waals surface area contributed by atoms with E-state index in [9.17, 15) is 17.6 Å². The summed E-state index contributed by atoms with van der Waals surface area (Å²) in [5.74, 6) is 0.00331. The van der Waals surface area contributed by atoms with Crippen LogP contribution in [-0.2, 0) is 12.6 Å². The van der Waals surface area contributed by atoms with Gasteiger partial charge in [-0.2, -0.15) is 13.2 Å². The first-order chi connectivity index (χ1) is 6.97. The standard InChI is InChI=1S/C10H8F4O/c11-9-4-2-6-1-3-7(10(12,13)14)5-8(6)15-9/h1,3,5,9H,2,4H2. The van der Waals surface area contributed by atoms with Crippen molar-refractivity contribution in [1.29, 1.82) is 0 Å². The second kappa shape index (κ2) is 3.40. The largest absolute Gasteiger partial charge is 0.460 e. The molecule has 5 heteroatoms. The minimum absolute atomic E-state index is 0.00331. The number of fused-ring (bicyclic) bond motifs is 1. The lowest BCUT2D eigenvalue weighted by Crippen LogP contribution is -2.18. The Kier molecular flexibility index (Phi) is 2.32. The maximum atomic E-state index is 12.8. The Morgan fingerprint density at radius 2 is 2.00 bits per heavy atom. The molecule has 1 atom stereocenters. The molecule has 15 heavy (non-hydrogen) atoms. The molecule has 1 nitrogen and oxygen atoms in total. The average molecular weight is 220 g/mol. The highest BCUT2D eigenvalue weighted by Crippen LogP contribution is 2.35. The van der Waals surface area contributed by atoms with Gasteiger partial charge in [-0.1, -0.05) is 6.07 Å². The first kappa shape index (κ1) is 10.3. The van der Waals surface area contributed by atoms with Crippen LogP contribution in [0, 0.1) is 0 Å². The van der Waals surface area contributed by atoms with Gasteiger partial charge >= 0.3 is 6.18 Å². The number of halogens is 4. The monoisotopic (exact) mass is 220 g/mol. The molecule has 2 rings (SSSR count). The fourth-order valence-electron chi connectivity index (χ4n) is 1.51. The smallest absolute Gasteiger partial charge is 0.416 e. The molecule has 0 N–H and O–H groups in total. The summed E-state index contributed by atoms with van der Waals surface area (Å²) in [6.45, 7) is 0. The molecule has 0 saturated heterocycles. The van der Waals surface area contributed by atoms with E-state index in [4.69, 9.17) is 4.74 Å². The molecule has 0 radical (unpaired) electrons. The van der Waals surface area contributed by atoms with Crippen LogP contribution in [0.15, 0.2) is 18.2 Å². The minimum atomic E-state index is -4.42. The van der Waals surface area contributed by atoms with E-state index in [1.165, 1.54) is 6.07 Å². The molecule has 1 aromatic carbocycles. The number of benzene rings is 1. The molecular formula is C10H8F4O. The Balaban J connectivity index is 2.37. The van der Waals surface area contributed by atoms with E-state index < -0.39 is 18.1 Å². The van der Waals surface area contributed by atoms with Crippen molar-refractivity contribution in [2.45, 2.75) is 25.4 Å². The van der Waals surface area contributed by atoms with Crippen LogP contribution in [0.2, 0.25) is 0 Å². The van der Waals surface area contributed by atoms with Crippen LogP contribution in [0.1, 0.15) is 17.5 Å². The molecule has 0 amide bonds. The highest BCUT2D eigenvalue weighted by Gasteiger charge is 2.32. The molecule has 1 heterocycles. The van der Waals surface area contributed by atoms with Gasteiger partial charge in [-0.3, -0.25) is 0 Å². The van der Waals surface area contributed by atoms with Crippen LogP contribution < -0.4 is 4.74 Å². The third kappa shape index (κ3) is 2.06. The third-order valence-electron chi connectivity index (χ3n) is 2.29. The zero-order valence-corrected chi connectivity index (χ0v) is 7.64. The Morgan fingerprint density at radius 3 is 2.67 bits per heavy atom. The van der Waals surface area contributed by atoms with Gasteiger partial charge in [0.15, 0.2) is 0 Å². The number of ether oxygens (including phenoxy) is 1. The number of rotatable bonds is 0. The summed E-state index contributed by atoms with van der Waals surface area (Å²) in [7, 11) is 0.